The van der Waals surface area contributed by atoms with Crippen LogP contribution in [0.2, 0.25) is 5.02 Å². The smallest absolute Gasteiger partial charge is 0.192 e. The molecule has 3 heteroatoms. The molecular formula is C9H5ClO2. The second-order valence-corrected chi connectivity index (χ2v) is 2.81. The zero-order valence-corrected chi connectivity index (χ0v) is 6.84. The topological polar surface area (TPSA) is 30.2 Å². The molecule has 60 valence electrons. The summed E-state index contributed by atoms with van der Waals surface area (Å²) in [6.07, 6.45) is 1.34. The highest BCUT2D eigenvalue weighted by atomic mass is 35.5. The predicted molar refractivity (Wildman–Crippen MR) is 47.5 cm³/mol. The van der Waals surface area contributed by atoms with E-state index >= 15 is 0 Å². The van der Waals surface area contributed by atoms with Crippen LogP contribution in [0.3, 0.4) is 0 Å². The third-order valence-corrected chi connectivity index (χ3v) is 1.94. The first-order valence-electron chi connectivity index (χ1n) is 3.45. The van der Waals surface area contributed by atoms with Crippen molar-refractivity contribution in [1.82, 2.24) is 0 Å². The Labute approximate surface area is 73.4 Å². The molecule has 2 nitrogen and oxygen atoms in total. The summed E-state index contributed by atoms with van der Waals surface area (Å²) in [5, 5.41) is 0.982. The Morgan fingerprint density at radius 2 is 2.08 bits per heavy atom. The van der Waals surface area contributed by atoms with Gasteiger partial charge >= 0.3 is 0 Å². The summed E-state index contributed by atoms with van der Waals surface area (Å²) in [7, 11) is 0. The Bertz CT molecular complexity index is 473. The van der Waals surface area contributed by atoms with Crippen molar-refractivity contribution in [2.75, 3.05) is 0 Å². The molecule has 1 aromatic carbocycles. The van der Waals surface area contributed by atoms with Crippen LogP contribution in [0.25, 0.3) is 11.0 Å². The monoisotopic (exact) mass is 180 g/mol. The highest BCUT2D eigenvalue weighted by Gasteiger charge is 2.01. The average molecular weight is 181 g/mol. The van der Waals surface area contributed by atoms with E-state index in [-0.39, 0.29) is 5.43 Å². The third-order valence-electron chi connectivity index (χ3n) is 1.64. The molecule has 1 aromatic heterocycles. The van der Waals surface area contributed by atoms with Crippen molar-refractivity contribution in [1.29, 1.82) is 0 Å². The van der Waals surface area contributed by atoms with Gasteiger partial charge in [-0.1, -0.05) is 17.7 Å². The number of rotatable bonds is 0. The van der Waals surface area contributed by atoms with Gasteiger partial charge in [-0.15, -0.1) is 0 Å². The third kappa shape index (κ3) is 1.01. The first kappa shape index (κ1) is 7.37. The van der Waals surface area contributed by atoms with Gasteiger partial charge in [0.2, 0.25) is 0 Å². The van der Waals surface area contributed by atoms with E-state index in [1.165, 1.54) is 12.3 Å². The number of halogens is 1. The van der Waals surface area contributed by atoms with E-state index in [1.54, 1.807) is 18.2 Å². The predicted octanol–water partition coefficient (Wildman–Crippen LogP) is 2.45. The van der Waals surface area contributed by atoms with Gasteiger partial charge in [0.25, 0.3) is 0 Å². The van der Waals surface area contributed by atoms with Gasteiger partial charge in [0.05, 0.1) is 16.7 Å². The standard InChI is InChI=1S/C9H5ClO2/c10-7-3-1-2-6-8(11)4-5-12-9(6)7/h1-5H. The lowest BCUT2D eigenvalue weighted by atomic mass is 10.2. The van der Waals surface area contributed by atoms with Crippen molar-refractivity contribution >= 4 is 22.6 Å². The SMILES string of the molecule is O=c1ccoc2c(Cl)cccc12. The maximum atomic E-state index is 11.2. The molecule has 0 bridgehead atoms. The van der Waals surface area contributed by atoms with E-state index in [2.05, 4.69) is 0 Å². The fourth-order valence-corrected chi connectivity index (χ4v) is 1.30. The first-order valence-corrected chi connectivity index (χ1v) is 3.83. The van der Waals surface area contributed by atoms with Crippen LogP contribution in [0.4, 0.5) is 0 Å². The van der Waals surface area contributed by atoms with Crippen LogP contribution in [0.1, 0.15) is 0 Å². The fraction of sp³-hybridized carbons (Fsp3) is 0. The van der Waals surface area contributed by atoms with Crippen LogP contribution >= 0.6 is 11.6 Å². The number of para-hydroxylation sites is 1. The van der Waals surface area contributed by atoms with Gasteiger partial charge < -0.3 is 4.42 Å². The van der Waals surface area contributed by atoms with Crippen LogP contribution < -0.4 is 5.43 Å². The summed E-state index contributed by atoms with van der Waals surface area (Å²) in [5.74, 6) is 0. The van der Waals surface area contributed by atoms with Gasteiger partial charge in [0.1, 0.15) is 0 Å². The van der Waals surface area contributed by atoms with Gasteiger partial charge in [-0.05, 0) is 12.1 Å². The zero-order valence-electron chi connectivity index (χ0n) is 6.08. The van der Waals surface area contributed by atoms with E-state index in [4.69, 9.17) is 16.0 Å². The first-order chi connectivity index (χ1) is 5.79. The molecule has 0 aliphatic carbocycles. The van der Waals surface area contributed by atoms with Crippen molar-refractivity contribution < 1.29 is 4.42 Å². The van der Waals surface area contributed by atoms with Gasteiger partial charge in [-0.2, -0.15) is 0 Å². The van der Waals surface area contributed by atoms with Crippen molar-refractivity contribution in [3.05, 3.63) is 45.8 Å². The van der Waals surface area contributed by atoms with Crippen LogP contribution in [-0.4, -0.2) is 0 Å². The summed E-state index contributed by atoms with van der Waals surface area (Å²) < 4.78 is 5.09. The molecule has 0 saturated carbocycles. The Hall–Kier alpha value is -1.28. The van der Waals surface area contributed by atoms with E-state index in [0.717, 1.165) is 0 Å². The number of hydrogen-bond acceptors (Lipinski definition) is 2. The van der Waals surface area contributed by atoms with Crippen molar-refractivity contribution in [3.63, 3.8) is 0 Å². The Morgan fingerprint density at radius 3 is 2.83 bits per heavy atom. The lowest BCUT2D eigenvalue weighted by molar-refractivity contribution is 0.602. The molecule has 2 rings (SSSR count). The lowest BCUT2D eigenvalue weighted by Gasteiger charge is -1.95. The second kappa shape index (κ2) is 2.64. The minimum atomic E-state index is -0.0706. The van der Waals surface area contributed by atoms with Gasteiger partial charge in [0.15, 0.2) is 11.0 Å². The highest BCUT2D eigenvalue weighted by Crippen LogP contribution is 2.19. The van der Waals surface area contributed by atoms with Gasteiger partial charge in [-0.3, -0.25) is 4.79 Å². The minimum Gasteiger partial charge on any atom is -0.463 e. The normalized spacial score (nSPS) is 10.4. The number of benzene rings is 1. The minimum absolute atomic E-state index is 0.0706. The van der Waals surface area contributed by atoms with Crippen LogP contribution in [-0.2, 0) is 0 Å². The molecule has 0 radical (unpaired) electrons. The molecule has 0 atom stereocenters. The van der Waals surface area contributed by atoms with E-state index in [0.29, 0.717) is 16.0 Å². The number of hydrogen-bond donors (Lipinski definition) is 0. The Morgan fingerprint density at radius 1 is 1.25 bits per heavy atom. The molecular weight excluding hydrogens is 176 g/mol. The summed E-state index contributed by atoms with van der Waals surface area (Å²) in [6.45, 7) is 0. The molecule has 1 heterocycles. The molecule has 0 fully saturated rings. The van der Waals surface area contributed by atoms with Crippen LogP contribution in [0.5, 0.6) is 0 Å². The van der Waals surface area contributed by atoms with Gasteiger partial charge in [0, 0.05) is 6.07 Å². The number of fused-ring (bicyclic) bond motifs is 1. The van der Waals surface area contributed by atoms with Crippen LogP contribution in [0.15, 0.2) is 39.7 Å². The zero-order chi connectivity index (χ0) is 8.55. The average Bonchev–Trinajstić information content (AvgIpc) is 2.07. The molecule has 0 N–H and O–H groups in total. The van der Waals surface area contributed by atoms with Crippen molar-refractivity contribution in [2.24, 2.45) is 0 Å². The molecule has 0 aliphatic rings. The maximum Gasteiger partial charge on any atom is 0.192 e. The van der Waals surface area contributed by atoms with E-state index in [1.807, 2.05) is 0 Å². The summed E-state index contributed by atoms with van der Waals surface area (Å²) in [4.78, 5) is 11.2. The Balaban J connectivity index is 3.05. The fourth-order valence-electron chi connectivity index (χ4n) is 1.08. The molecule has 0 unspecified atom stereocenters. The molecule has 0 amide bonds. The summed E-state index contributed by atoms with van der Waals surface area (Å²) >= 11 is 5.80. The molecule has 0 spiro atoms. The molecule has 0 saturated heterocycles. The summed E-state index contributed by atoms with van der Waals surface area (Å²) in [6, 6.07) is 6.47. The van der Waals surface area contributed by atoms with E-state index < -0.39 is 0 Å². The largest absolute Gasteiger partial charge is 0.463 e. The summed E-state index contributed by atoms with van der Waals surface area (Å²) in [5.41, 5.74) is 0.380. The van der Waals surface area contributed by atoms with Crippen molar-refractivity contribution in [2.45, 2.75) is 0 Å². The van der Waals surface area contributed by atoms with Crippen LogP contribution in [0, 0.1) is 0 Å². The molecule has 12 heavy (non-hydrogen) atoms. The molecule has 2 aromatic rings. The highest BCUT2D eigenvalue weighted by molar-refractivity contribution is 6.34. The van der Waals surface area contributed by atoms with Gasteiger partial charge in [-0.25, -0.2) is 0 Å². The van der Waals surface area contributed by atoms with E-state index in [9.17, 15) is 4.79 Å². The quantitative estimate of drug-likeness (QED) is 0.624. The lowest BCUT2D eigenvalue weighted by Crippen LogP contribution is -1.97. The molecule has 0 aliphatic heterocycles. The maximum absolute atomic E-state index is 11.2. The second-order valence-electron chi connectivity index (χ2n) is 2.40. The van der Waals surface area contributed by atoms with Crippen molar-refractivity contribution in [3.8, 4) is 0 Å². The Kier molecular flexibility index (Phi) is 1.62.